The fraction of sp³-hybridized carbons (Fsp3) is 0.533. The molecule has 0 saturated carbocycles. The van der Waals surface area contributed by atoms with E-state index in [1.165, 1.54) is 0 Å². The van der Waals surface area contributed by atoms with Crippen molar-refractivity contribution in [3.63, 3.8) is 0 Å². The van der Waals surface area contributed by atoms with Crippen molar-refractivity contribution in [2.24, 2.45) is 7.05 Å². The van der Waals surface area contributed by atoms with Crippen LogP contribution in [0.5, 0.6) is 0 Å². The van der Waals surface area contributed by atoms with Gasteiger partial charge in [-0.25, -0.2) is 4.98 Å². The third-order valence-corrected chi connectivity index (χ3v) is 3.74. The molecule has 3 N–H and O–H groups in total. The average molecular weight is 277 g/mol. The zero-order valence-electron chi connectivity index (χ0n) is 12.3. The van der Waals surface area contributed by atoms with E-state index in [0.717, 1.165) is 22.4 Å². The van der Waals surface area contributed by atoms with Gasteiger partial charge in [-0.05, 0) is 44.5 Å². The predicted octanol–water partition coefficient (Wildman–Crippen LogP) is 1.28. The van der Waals surface area contributed by atoms with Crippen molar-refractivity contribution in [3.8, 4) is 0 Å². The predicted molar refractivity (Wildman–Crippen MR) is 79.6 cm³/mol. The van der Waals surface area contributed by atoms with E-state index in [0.29, 0.717) is 13.0 Å². The molecule has 2 unspecified atom stereocenters. The lowest BCUT2D eigenvalue weighted by Crippen LogP contribution is -2.33. The number of aliphatic hydroxyl groups is 2. The number of rotatable bonds is 6. The van der Waals surface area contributed by atoms with E-state index in [1.54, 1.807) is 0 Å². The van der Waals surface area contributed by atoms with E-state index in [1.807, 2.05) is 43.7 Å². The lowest BCUT2D eigenvalue weighted by Gasteiger charge is -2.20. The van der Waals surface area contributed by atoms with Crippen LogP contribution in [0.2, 0.25) is 0 Å². The Morgan fingerprint density at radius 1 is 1.40 bits per heavy atom. The monoisotopic (exact) mass is 277 g/mol. The van der Waals surface area contributed by atoms with Crippen LogP contribution >= 0.6 is 0 Å². The maximum absolute atomic E-state index is 10.4. The van der Waals surface area contributed by atoms with Gasteiger partial charge in [0, 0.05) is 19.7 Å². The van der Waals surface area contributed by atoms with Crippen LogP contribution in [-0.4, -0.2) is 39.0 Å². The first-order valence-electron chi connectivity index (χ1n) is 7.00. The molecule has 0 spiro atoms. The van der Waals surface area contributed by atoms with Gasteiger partial charge in [-0.3, -0.25) is 0 Å². The molecule has 0 aliphatic rings. The fourth-order valence-electron chi connectivity index (χ4n) is 2.33. The zero-order chi connectivity index (χ0) is 14.7. The smallest absolute Gasteiger partial charge is 0.106 e. The van der Waals surface area contributed by atoms with Gasteiger partial charge in [0.05, 0.1) is 17.1 Å². The molecule has 2 rings (SSSR count). The van der Waals surface area contributed by atoms with Crippen LogP contribution in [0, 0.1) is 6.92 Å². The minimum absolute atomic E-state index is 0.0659. The summed E-state index contributed by atoms with van der Waals surface area (Å²) in [6, 6.07) is 5.81. The minimum Gasteiger partial charge on any atom is -0.396 e. The molecule has 0 amide bonds. The molecule has 0 fully saturated rings. The number of imidazole rings is 1. The topological polar surface area (TPSA) is 70.3 Å². The van der Waals surface area contributed by atoms with Crippen LogP contribution in [0.4, 0.5) is 0 Å². The number of aliphatic hydroxyl groups excluding tert-OH is 2. The molecule has 1 aromatic heterocycles. The van der Waals surface area contributed by atoms with Crippen molar-refractivity contribution < 1.29 is 10.2 Å². The van der Waals surface area contributed by atoms with Gasteiger partial charge < -0.3 is 20.1 Å². The zero-order valence-corrected chi connectivity index (χ0v) is 12.3. The molecule has 2 aromatic rings. The Kier molecular flexibility index (Phi) is 4.75. The molecule has 0 bridgehead atoms. The van der Waals surface area contributed by atoms with Crippen molar-refractivity contribution in [1.29, 1.82) is 0 Å². The van der Waals surface area contributed by atoms with Crippen molar-refractivity contribution in [2.45, 2.75) is 32.4 Å². The van der Waals surface area contributed by atoms with Gasteiger partial charge >= 0.3 is 0 Å². The maximum atomic E-state index is 10.4. The Morgan fingerprint density at radius 3 is 2.85 bits per heavy atom. The van der Waals surface area contributed by atoms with Gasteiger partial charge in [0.25, 0.3) is 0 Å². The van der Waals surface area contributed by atoms with Gasteiger partial charge in [0.2, 0.25) is 0 Å². The van der Waals surface area contributed by atoms with Gasteiger partial charge in [0.1, 0.15) is 5.82 Å². The summed E-state index contributed by atoms with van der Waals surface area (Å²) in [4.78, 5) is 4.49. The SMILES string of the molecule is Cc1nc2cc(C(O)C(C)NCCCO)ccc2n1C. The van der Waals surface area contributed by atoms with E-state index >= 15 is 0 Å². The first-order valence-corrected chi connectivity index (χ1v) is 7.00. The lowest BCUT2D eigenvalue weighted by molar-refractivity contribution is 0.135. The highest BCUT2D eigenvalue weighted by molar-refractivity contribution is 5.76. The van der Waals surface area contributed by atoms with Crippen LogP contribution in [0.1, 0.15) is 30.8 Å². The summed E-state index contributed by atoms with van der Waals surface area (Å²) in [6.45, 7) is 4.76. The molecule has 0 aliphatic heterocycles. The van der Waals surface area contributed by atoms with E-state index in [4.69, 9.17) is 5.11 Å². The second-order valence-electron chi connectivity index (χ2n) is 5.23. The third-order valence-electron chi connectivity index (χ3n) is 3.74. The van der Waals surface area contributed by atoms with Crippen molar-refractivity contribution in [3.05, 3.63) is 29.6 Å². The molecular formula is C15H23N3O2. The number of nitrogens with one attached hydrogen (secondary N) is 1. The molecular weight excluding hydrogens is 254 g/mol. The summed E-state index contributed by atoms with van der Waals surface area (Å²) in [7, 11) is 1.99. The number of fused-ring (bicyclic) bond motifs is 1. The first-order chi connectivity index (χ1) is 9.54. The van der Waals surface area contributed by atoms with Gasteiger partial charge in [-0.1, -0.05) is 6.07 Å². The molecule has 5 heteroatoms. The van der Waals surface area contributed by atoms with Crippen LogP contribution < -0.4 is 5.32 Å². The Labute approximate surface area is 119 Å². The highest BCUT2D eigenvalue weighted by Crippen LogP contribution is 2.22. The van der Waals surface area contributed by atoms with Crippen LogP contribution in [0.15, 0.2) is 18.2 Å². The summed E-state index contributed by atoms with van der Waals surface area (Å²) in [5.74, 6) is 0.959. The number of hydrogen-bond acceptors (Lipinski definition) is 4. The second-order valence-corrected chi connectivity index (χ2v) is 5.23. The highest BCUT2D eigenvalue weighted by atomic mass is 16.3. The average Bonchev–Trinajstić information content (AvgIpc) is 2.73. The normalized spacial score (nSPS) is 14.7. The number of hydrogen-bond donors (Lipinski definition) is 3. The maximum Gasteiger partial charge on any atom is 0.106 e. The fourth-order valence-corrected chi connectivity index (χ4v) is 2.33. The van der Waals surface area contributed by atoms with Crippen molar-refractivity contribution >= 4 is 11.0 Å². The number of aryl methyl sites for hydroxylation is 2. The summed E-state index contributed by atoms with van der Waals surface area (Å²) in [6.07, 6.45) is 0.107. The molecule has 1 heterocycles. The molecule has 110 valence electrons. The van der Waals surface area contributed by atoms with E-state index < -0.39 is 6.10 Å². The molecule has 20 heavy (non-hydrogen) atoms. The van der Waals surface area contributed by atoms with E-state index in [9.17, 15) is 5.11 Å². The quantitative estimate of drug-likeness (QED) is 0.696. The Balaban J connectivity index is 2.15. The molecule has 2 atom stereocenters. The van der Waals surface area contributed by atoms with Crippen LogP contribution in [0.25, 0.3) is 11.0 Å². The lowest BCUT2D eigenvalue weighted by atomic mass is 10.0. The summed E-state index contributed by atoms with van der Waals surface area (Å²) in [5, 5.41) is 22.3. The van der Waals surface area contributed by atoms with Gasteiger partial charge in [-0.15, -0.1) is 0 Å². The van der Waals surface area contributed by atoms with E-state index in [-0.39, 0.29) is 12.6 Å². The third kappa shape index (κ3) is 3.00. The number of aromatic nitrogens is 2. The van der Waals surface area contributed by atoms with Crippen molar-refractivity contribution in [2.75, 3.05) is 13.2 Å². The molecule has 0 aliphatic carbocycles. The highest BCUT2D eigenvalue weighted by Gasteiger charge is 2.17. The van der Waals surface area contributed by atoms with E-state index in [2.05, 4.69) is 10.3 Å². The number of benzene rings is 1. The molecule has 1 aromatic carbocycles. The first kappa shape index (κ1) is 15.0. The minimum atomic E-state index is -0.583. The largest absolute Gasteiger partial charge is 0.396 e. The van der Waals surface area contributed by atoms with Crippen LogP contribution in [0.3, 0.4) is 0 Å². The standard InChI is InChI=1S/C15H23N3O2/c1-10(16-7-4-8-19)15(20)12-5-6-14-13(9-12)17-11(2)18(14)3/h5-6,9-10,15-16,19-20H,4,7-8H2,1-3H3. The summed E-state index contributed by atoms with van der Waals surface area (Å²) < 4.78 is 2.04. The summed E-state index contributed by atoms with van der Waals surface area (Å²) in [5.41, 5.74) is 2.84. The van der Waals surface area contributed by atoms with Gasteiger partial charge in [-0.2, -0.15) is 0 Å². The number of nitrogens with zero attached hydrogens (tertiary/aromatic N) is 2. The molecule has 0 saturated heterocycles. The summed E-state index contributed by atoms with van der Waals surface area (Å²) >= 11 is 0. The Bertz CT molecular complexity index is 580. The molecule has 0 radical (unpaired) electrons. The second kappa shape index (κ2) is 6.35. The molecule has 5 nitrogen and oxygen atoms in total. The Hall–Kier alpha value is -1.43. The van der Waals surface area contributed by atoms with Crippen molar-refractivity contribution in [1.82, 2.24) is 14.9 Å². The Morgan fingerprint density at radius 2 is 2.15 bits per heavy atom. The van der Waals surface area contributed by atoms with Crippen LogP contribution in [-0.2, 0) is 7.05 Å². The van der Waals surface area contributed by atoms with Gasteiger partial charge in [0.15, 0.2) is 0 Å².